The van der Waals surface area contributed by atoms with Gasteiger partial charge >= 0.3 is 0 Å². The monoisotopic (exact) mass is 855 g/mol. The van der Waals surface area contributed by atoms with E-state index in [-0.39, 0.29) is 0 Å². The van der Waals surface area contributed by atoms with Crippen LogP contribution in [0.5, 0.6) is 0 Å². The molecule has 0 unspecified atom stereocenters. The standard InChI is InChI=1S/C62H41N5/c1-5-19-42(20-6-1)55-41-56(64-61(63-55)44-23-9-3-10-24-44)51-31-17-29-49(39-51)47-27-15-25-45(37-47)46-26-16-28-48(38-46)50-30-18-32-52(40-50)62-65-58(43-21-7-2-8-22-43)60-59(66-62)54-35-13-14-36-57(54)67(60)53-33-11-4-12-34-53/h1-41H. The predicted octanol–water partition coefficient (Wildman–Crippen LogP) is 15.7. The number of nitrogens with zero attached hydrogens (tertiary/aromatic N) is 5. The third-order valence-electron chi connectivity index (χ3n) is 12.4. The van der Waals surface area contributed by atoms with Gasteiger partial charge in [-0.15, -0.1) is 0 Å². The molecule has 3 aromatic heterocycles. The maximum absolute atomic E-state index is 5.38. The summed E-state index contributed by atoms with van der Waals surface area (Å²) in [5.74, 6) is 1.39. The van der Waals surface area contributed by atoms with E-state index in [9.17, 15) is 0 Å². The van der Waals surface area contributed by atoms with Crippen LogP contribution in [0.1, 0.15) is 0 Å². The minimum Gasteiger partial charge on any atom is -0.306 e. The number of aromatic nitrogens is 5. The van der Waals surface area contributed by atoms with Gasteiger partial charge in [0.1, 0.15) is 5.52 Å². The molecule has 0 fully saturated rings. The highest BCUT2D eigenvalue weighted by Crippen LogP contribution is 2.39. The topological polar surface area (TPSA) is 56.5 Å². The molecule has 0 aliphatic heterocycles. The highest BCUT2D eigenvalue weighted by Gasteiger charge is 2.21. The Labute approximate surface area is 389 Å². The SMILES string of the molecule is c1ccc(-c2cc(-c3cccc(-c4cccc(-c5cccc(-c6cccc(-c7nc(-c8ccccc8)c8c(n7)c7ccccc7n8-c7ccccc7)c6)c5)c4)c3)nc(-c3ccccc3)n2)cc1. The van der Waals surface area contributed by atoms with E-state index < -0.39 is 0 Å². The first kappa shape index (κ1) is 39.5. The van der Waals surface area contributed by atoms with Crippen molar-refractivity contribution < 1.29 is 0 Å². The van der Waals surface area contributed by atoms with Crippen LogP contribution in [0.3, 0.4) is 0 Å². The Kier molecular flexibility index (Phi) is 10.1. The molecule has 12 aromatic rings. The molecule has 0 saturated carbocycles. The molecule has 0 atom stereocenters. The predicted molar refractivity (Wildman–Crippen MR) is 275 cm³/mol. The molecule has 0 spiro atoms. The first-order valence-corrected chi connectivity index (χ1v) is 22.5. The molecular weight excluding hydrogens is 815 g/mol. The molecule has 9 aromatic carbocycles. The van der Waals surface area contributed by atoms with Crippen molar-refractivity contribution in [3.63, 3.8) is 0 Å². The molecule has 3 heterocycles. The van der Waals surface area contributed by atoms with Crippen LogP contribution < -0.4 is 0 Å². The van der Waals surface area contributed by atoms with Crippen LogP contribution in [-0.4, -0.2) is 24.5 Å². The lowest BCUT2D eigenvalue weighted by Gasteiger charge is -2.13. The first-order valence-electron chi connectivity index (χ1n) is 22.5. The van der Waals surface area contributed by atoms with Gasteiger partial charge in [0, 0.05) is 38.9 Å². The molecular formula is C62H41N5. The minimum absolute atomic E-state index is 0.685. The van der Waals surface area contributed by atoms with Crippen molar-refractivity contribution in [1.82, 2.24) is 24.5 Å². The fraction of sp³-hybridized carbons (Fsp3) is 0. The molecule has 12 rings (SSSR count). The molecule has 0 aliphatic rings. The van der Waals surface area contributed by atoms with Crippen molar-refractivity contribution in [2.45, 2.75) is 0 Å². The highest BCUT2D eigenvalue weighted by atomic mass is 15.0. The zero-order valence-electron chi connectivity index (χ0n) is 36.4. The van der Waals surface area contributed by atoms with E-state index in [4.69, 9.17) is 19.9 Å². The Morgan fingerprint density at radius 3 is 1.25 bits per heavy atom. The van der Waals surface area contributed by atoms with Gasteiger partial charge in [-0.1, -0.05) is 200 Å². The van der Waals surface area contributed by atoms with Crippen LogP contribution in [0.2, 0.25) is 0 Å². The average molecular weight is 856 g/mol. The number of hydrogen-bond acceptors (Lipinski definition) is 4. The third-order valence-corrected chi connectivity index (χ3v) is 12.4. The largest absolute Gasteiger partial charge is 0.306 e. The van der Waals surface area contributed by atoms with Crippen LogP contribution in [-0.2, 0) is 0 Å². The number of rotatable bonds is 9. The van der Waals surface area contributed by atoms with Gasteiger partial charge in [0.15, 0.2) is 11.6 Å². The average Bonchev–Trinajstić information content (AvgIpc) is 3.76. The number of benzene rings is 9. The normalized spacial score (nSPS) is 11.3. The highest BCUT2D eigenvalue weighted by molar-refractivity contribution is 6.11. The summed E-state index contributed by atoms with van der Waals surface area (Å²) >= 11 is 0. The van der Waals surface area contributed by atoms with Crippen molar-refractivity contribution in [3.8, 4) is 95.6 Å². The van der Waals surface area contributed by atoms with Gasteiger partial charge < -0.3 is 4.57 Å². The summed E-state index contributed by atoms with van der Waals surface area (Å²) in [7, 11) is 0. The summed E-state index contributed by atoms with van der Waals surface area (Å²) in [6.07, 6.45) is 0. The second-order valence-electron chi connectivity index (χ2n) is 16.7. The molecule has 5 heteroatoms. The quantitative estimate of drug-likeness (QED) is 0.145. The summed E-state index contributed by atoms with van der Waals surface area (Å²) in [6.45, 7) is 0. The van der Waals surface area contributed by atoms with Gasteiger partial charge in [-0.2, -0.15) is 0 Å². The number of hydrogen-bond donors (Lipinski definition) is 0. The fourth-order valence-electron chi connectivity index (χ4n) is 9.14. The van der Waals surface area contributed by atoms with Gasteiger partial charge in [-0.05, 0) is 81.9 Å². The molecule has 0 saturated heterocycles. The van der Waals surface area contributed by atoms with Crippen molar-refractivity contribution >= 4 is 21.9 Å². The van der Waals surface area contributed by atoms with Crippen LogP contribution in [0.4, 0.5) is 0 Å². The molecule has 0 aliphatic carbocycles. The van der Waals surface area contributed by atoms with Crippen LogP contribution in [0.25, 0.3) is 118 Å². The Morgan fingerprint density at radius 2 is 0.672 bits per heavy atom. The lowest BCUT2D eigenvalue weighted by Crippen LogP contribution is -1.99. The number of para-hydroxylation sites is 2. The Balaban J connectivity index is 0.901. The van der Waals surface area contributed by atoms with E-state index in [1.165, 1.54) is 0 Å². The van der Waals surface area contributed by atoms with Crippen molar-refractivity contribution in [2.24, 2.45) is 0 Å². The van der Waals surface area contributed by atoms with E-state index in [1.54, 1.807) is 0 Å². The lowest BCUT2D eigenvalue weighted by atomic mass is 9.95. The third kappa shape index (κ3) is 7.64. The van der Waals surface area contributed by atoms with E-state index >= 15 is 0 Å². The molecule has 0 N–H and O–H groups in total. The number of fused-ring (bicyclic) bond motifs is 3. The van der Waals surface area contributed by atoms with E-state index in [1.807, 2.05) is 42.5 Å². The Hall–Kier alpha value is -9.06. The van der Waals surface area contributed by atoms with Crippen LogP contribution in [0, 0.1) is 0 Å². The van der Waals surface area contributed by atoms with E-state index in [2.05, 4.69) is 211 Å². The summed E-state index contributed by atoms with van der Waals surface area (Å²) in [5.41, 5.74) is 18.5. The van der Waals surface area contributed by atoms with E-state index in [0.717, 1.165) is 106 Å². The summed E-state index contributed by atoms with van der Waals surface area (Å²) in [5, 5.41) is 1.09. The van der Waals surface area contributed by atoms with Crippen LogP contribution in [0.15, 0.2) is 249 Å². The summed E-state index contributed by atoms with van der Waals surface area (Å²) in [4.78, 5) is 20.9. The molecule has 5 nitrogen and oxygen atoms in total. The van der Waals surface area contributed by atoms with E-state index in [0.29, 0.717) is 11.6 Å². The molecule has 0 bridgehead atoms. The fourth-order valence-corrected chi connectivity index (χ4v) is 9.14. The molecule has 67 heavy (non-hydrogen) atoms. The minimum atomic E-state index is 0.685. The summed E-state index contributed by atoms with van der Waals surface area (Å²) in [6, 6.07) is 86.9. The lowest BCUT2D eigenvalue weighted by molar-refractivity contribution is 1.15. The molecule has 0 radical (unpaired) electrons. The summed E-state index contributed by atoms with van der Waals surface area (Å²) < 4.78 is 2.30. The Morgan fingerprint density at radius 1 is 0.269 bits per heavy atom. The molecule has 0 amide bonds. The maximum Gasteiger partial charge on any atom is 0.160 e. The van der Waals surface area contributed by atoms with Crippen molar-refractivity contribution in [2.75, 3.05) is 0 Å². The van der Waals surface area contributed by atoms with Crippen LogP contribution >= 0.6 is 0 Å². The second kappa shape index (κ2) is 17.1. The van der Waals surface area contributed by atoms with Crippen molar-refractivity contribution in [1.29, 1.82) is 0 Å². The van der Waals surface area contributed by atoms with Gasteiger partial charge in [-0.25, -0.2) is 19.9 Å². The zero-order valence-corrected chi connectivity index (χ0v) is 36.4. The smallest absolute Gasteiger partial charge is 0.160 e. The second-order valence-corrected chi connectivity index (χ2v) is 16.7. The van der Waals surface area contributed by atoms with Gasteiger partial charge in [0.25, 0.3) is 0 Å². The van der Waals surface area contributed by atoms with Gasteiger partial charge in [0.2, 0.25) is 0 Å². The van der Waals surface area contributed by atoms with Gasteiger partial charge in [0.05, 0.1) is 28.1 Å². The van der Waals surface area contributed by atoms with Gasteiger partial charge in [-0.3, -0.25) is 0 Å². The Bertz CT molecular complexity index is 3680. The molecule has 314 valence electrons. The maximum atomic E-state index is 5.38. The first-order chi connectivity index (χ1) is 33.2. The zero-order chi connectivity index (χ0) is 44.5. The van der Waals surface area contributed by atoms with Crippen molar-refractivity contribution in [3.05, 3.63) is 249 Å².